The van der Waals surface area contributed by atoms with Crippen molar-refractivity contribution in [1.29, 1.82) is 0 Å². The second-order valence-electron chi connectivity index (χ2n) is 4.02. The molecule has 18 heavy (non-hydrogen) atoms. The van der Waals surface area contributed by atoms with Gasteiger partial charge in [0.15, 0.2) is 0 Å². The van der Waals surface area contributed by atoms with Crippen molar-refractivity contribution in [2.75, 3.05) is 23.9 Å². The highest BCUT2D eigenvalue weighted by molar-refractivity contribution is 7.98. The van der Waals surface area contributed by atoms with Crippen LogP contribution in [0.25, 0.3) is 0 Å². The third kappa shape index (κ3) is 4.96. The van der Waals surface area contributed by atoms with Crippen molar-refractivity contribution in [1.82, 2.24) is 4.98 Å². The normalized spacial score (nSPS) is 10.3. The van der Waals surface area contributed by atoms with Gasteiger partial charge in [-0.3, -0.25) is 0 Å². The summed E-state index contributed by atoms with van der Waals surface area (Å²) in [5.74, 6) is 0.915. The number of pyridine rings is 1. The SMILES string of the molecule is CCc1cc(C(=O)O)cc(NCCCCSC)n1. The first-order valence-electron chi connectivity index (χ1n) is 6.14. The third-order valence-corrected chi connectivity index (χ3v) is 3.27. The summed E-state index contributed by atoms with van der Waals surface area (Å²) >= 11 is 1.84. The molecule has 5 heteroatoms. The zero-order chi connectivity index (χ0) is 13.4. The van der Waals surface area contributed by atoms with Gasteiger partial charge in [0, 0.05) is 12.2 Å². The van der Waals surface area contributed by atoms with E-state index >= 15 is 0 Å². The van der Waals surface area contributed by atoms with Gasteiger partial charge in [0.05, 0.1) is 5.56 Å². The van der Waals surface area contributed by atoms with Crippen LogP contribution in [0.15, 0.2) is 12.1 Å². The van der Waals surface area contributed by atoms with Gasteiger partial charge in [-0.25, -0.2) is 9.78 Å². The molecule has 1 aromatic heterocycles. The van der Waals surface area contributed by atoms with E-state index < -0.39 is 5.97 Å². The molecule has 0 saturated carbocycles. The quantitative estimate of drug-likeness (QED) is 0.710. The molecule has 0 radical (unpaired) electrons. The molecule has 2 N–H and O–H groups in total. The van der Waals surface area contributed by atoms with Crippen molar-refractivity contribution in [3.05, 3.63) is 23.4 Å². The highest BCUT2D eigenvalue weighted by Crippen LogP contribution is 2.12. The second kappa shape index (κ2) is 7.97. The number of unbranched alkanes of at least 4 members (excludes halogenated alkanes) is 1. The fraction of sp³-hybridized carbons (Fsp3) is 0.538. The van der Waals surface area contributed by atoms with Crippen LogP contribution < -0.4 is 5.32 Å². The van der Waals surface area contributed by atoms with Crippen molar-refractivity contribution >= 4 is 23.5 Å². The average molecular weight is 268 g/mol. The number of anilines is 1. The van der Waals surface area contributed by atoms with Gasteiger partial charge in [0.25, 0.3) is 0 Å². The summed E-state index contributed by atoms with van der Waals surface area (Å²) in [6.45, 7) is 2.80. The predicted octanol–water partition coefficient (Wildman–Crippen LogP) is 2.90. The number of nitrogens with zero attached hydrogens (tertiary/aromatic N) is 1. The van der Waals surface area contributed by atoms with Gasteiger partial charge >= 0.3 is 5.97 Å². The van der Waals surface area contributed by atoms with Gasteiger partial charge in [-0.1, -0.05) is 6.92 Å². The monoisotopic (exact) mass is 268 g/mol. The first-order chi connectivity index (χ1) is 8.67. The minimum atomic E-state index is -0.905. The largest absolute Gasteiger partial charge is 0.478 e. The lowest BCUT2D eigenvalue weighted by Crippen LogP contribution is -2.07. The fourth-order valence-electron chi connectivity index (χ4n) is 1.57. The molecule has 1 aromatic rings. The number of rotatable bonds is 8. The number of aromatic carboxylic acids is 1. The molecule has 4 nitrogen and oxygen atoms in total. The van der Waals surface area contributed by atoms with Crippen LogP contribution in [0.2, 0.25) is 0 Å². The molecule has 0 amide bonds. The Hall–Kier alpha value is -1.23. The van der Waals surface area contributed by atoms with Gasteiger partial charge in [-0.15, -0.1) is 0 Å². The molecule has 100 valence electrons. The molecule has 0 unspecified atom stereocenters. The summed E-state index contributed by atoms with van der Waals surface area (Å²) in [6.07, 6.45) is 5.07. The Morgan fingerprint density at radius 1 is 1.44 bits per heavy atom. The Kier molecular flexibility index (Phi) is 6.57. The topological polar surface area (TPSA) is 62.2 Å². The van der Waals surface area contributed by atoms with E-state index in [0.717, 1.165) is 37.3 Å². The van der Waals surface area contributed by atoms with Crippen LogP contribution in [0, 0.1) is 0 Å². The number of nitrogens with one attached hydrogen (secondary N) is 1. The van der Waals surface area contributed by atoms with Crippen LogP contribution in [0.3, 0.4) is 0 Å². The maximum Gasteiger partial charge on any atom is 0.335 e. The van der Waals surface area contributed by atoms with Crippen molar-refractivity contribution in [3.8, 4) is 0 Å². The first-order valence-corrected chi connectivity index (χ1v) is 7.53. The molecule has 0 aliphatic rings. The summed E-state index contributed by atoms with van der Waals surface area (Å²) in [7, 11) is 0. The van der Waals surface area contributed by atoms with Gasteiger partial charge in [-0.05, 0) is 43.4 Å². The van der Waals surface area contributed by atoms with Crippen LogP contribution >= 0.6 is 11.8 Å². The van der Waals surface area contributed by atoms with Crippen molar-refractivity contribution in [2.45, 2.75) is 26.2 Å². The lowest BCUT2D eigenvalue weighted by atomic mass is 10.2. The highest BCUT2D eigenvalue weighted by atomic mass is 32.2. The van der Waals surface area contributed by atoms with E-state index in [-0.39, 0.29) is 0 Å². The number of thioether (sulfide) groups is 1. The van der Waals surface area contributed by atoms with Crippen LogP contribution in [0.4, 0.5) is 5.82 Å². The second-order valence-corrected chi connectivity index (χ2v) is 5.00. The fourth-order valence-corrected chi connectivity index (χ4v) is 2.06. The van der Waals surface area contributed by atoms with Crippen molar-refractivity contribution in [2.24, 2.45) is 0 Å². The Bertz CT molecular complexity index is 397. The first kappa shape index (κ1) is 14.8. The lowest BCUT2D eigenvalue weighted by molar-refractivity contribution is 0.0696. The minimum Gasteiger partial charge on any atom is -0.478 e. The summed E-state index contributed by atoms with van der Waals surface area (Å²) in [5.41, 5.74) is 1.11. The Balaban J connectivity index is 2.58. The number of carboxylic acid groups (broad SMARTS) is 1. The van der Waals surface area contributed by atoms with Crippen molar-refractivity contribution in [3.63, 3.8) is 0 Å². The van der Waals surface area contributed by atoms with Gasteiger partial charge in [0.1, 0.15) is 5.82 Å². The number of aryl methyl sites for hydroxylation is 1. The molecule has 0 spiro atoms. The highest BCUT2D eigenvalue weighted by Gasteiger charge is 2.07. The number of carbonyl (C=O) groups is 1. The maximum atomic E-state index is 11.0. The molecule has 1 heterocycles. The summed E-state index contributed by atoms with van der Waals surface area (Å²) < 4.78 is 0. The van der Waals surface area contributed by atoms with E-state index in [1.54, 1.807) is 12.1 Å². The maximum absolute atomic E-state index is 11.0. The van der Waals surface area contributed by atoms with E-state index in [9.17, 15) is 4.79 Å². The number of aromatic nitrogens is 1. The molecule has 0 atom stereocenters. The zero-order valence-electron chi connectivity index (χ0n) is 10.9. The smallest absolute Gasteiger partial charge is 0.335 e. The van der Waals surface area contributed by atoms with E-state index in [2.05, 4.69) is 16.6 Å². The van der Waals surface area contributed by atoms with E-state index in [4.69, 9.17) is 5.11 Å². The molecule has 0 fully saturated rings. The van der Waals surface area contributed by atoms with E-state index in [1.807, 2.05) is 18.7 Å². The molecule has 0 aliphatic carbocycles. The van der Waals surface area contributed by atoms with Crippen LogP contribution in [-0.4, -0.2) is 34.6 Å². The lowest BCUT2D eigenvalue weighted by Gasteiger charge is -2.08. The van der Waals surface area contributed by atoms with Crippen molar-refractivity contribution < 1.29 is 9.90 Å². The van der Waals surface area contributed by atoms with E-state index in [1.165, 1.54) is 0 Å². The minimum absolute atomic E-state index is 0.300. The molecular weight excluding hydrogens is 248 g/mol. The van der Waals surface area contributed by atoms with Crippen LogP contribution in [0.1, 0.15) is 35.8 Å². The van der Waals surface area contributed by atoms with Crippen LogP contribution in [0.5, 0.6) is 0 Å². The average Bonchev–Trinajstić information content (AvgIpc) is 2.38. The molecule has 0 aliphatic heterocycles. The number of hydrogen-bond donors (Lipinski definition) is 2. The Morgan fingerprint density at radius 2 is 2.22 bits per heavy atom. The number of hydrogen-bond acceptors (Lipinski definition) is 4. The van der Waals surface area contributed by atoms with Gasteiger partial charge in [0.2, 0.25) is 0 Å². The summed E-state index contributed by atoms with van der Waals surface area (Å²) in [4.78, 5) is 15.4. The van der Waals surface area contributed by atoms with Crippen LogP contribution in [-0.2, 0) is 6.42 Å². The summed E-state index contributed by atoms with van der Waals surface area (Å²) in [5, 5.41) is 12.2. The summed E-state index contributed by atoms with van der Waals surface area (Å²) in [6, 6.07) is 3.22. The predicted molar refractivity (Wildman–Crippen MR) is 76.7 cm³/mol. The third-order valence-electron chi connectivity index (χ3n) is 2.57. The molecular formula is C13H20N2O2S. The van der Waals surface area contributed by atoms with Gasteiger partial charge in [-0.2, -0.15) is 11.8 Å². The number of carboxylic acids is 1. The molecule has 0 aromatic carbocycles. The van der Waals surface area contributed by atoms with E-state index in [0.29, 0.717) is 11.4 Å². The molecule has 0 bridgehead atoms. The molecule has 0 saturated heterocycles. The Labute approximate surface area is 112 Å². The Morgan fingerprint density at radius 3 is 2.83 bits per heavy atom. The zero-order valence-corrected chi connectivity index (χ0v) is 11.7. The molecule has 1 rings (SSSR count). The van der Waals surface area contributed by atoms with Gasteiger partial charge < -0.3 is 10.4 Å². The standard InChI is InChI=1S/C13H20N2O2S/c1-3-11-8-10(13(16)17)9-12(15-11)14-6-4-5-7-18-2/h8-9H,3-7H2,1-2H3,(H,14,15)(H,16,17).